The highest BCUT2D eigenvalue weighted by atomic mass is 16.3. The van der Waals surface area contributed by atoms with Crippen LogP contribution in [0.25, 0.3) is 44.4 Å². The molecule has 3 heterocycles. The topological polar surface area (TPSA) is 52.5 Å². The number of rotatable bonds is 4. The van der Waals surface area contributed by atoms with E-state index in [1.54, 1.807) is 12.3 Å². The summed E-state index contributed by atoms with van der Waals surface area (Å²) in [6.07, 6.45) is 1.73. The van der Waals surface area contributed by atoms with Crippen molar-refractivity contribution < 1.29 is 17.4 Å². The molecule has 48 heavy (non-hydrogen) atoms. The van der Waals surface area contributed by atoms with Gasteiger partial charge < -0.3 is 10.0 Å². The van der Waals surface area contributed by atoms with Gasteiger partial charge in [0.15, 0.2) is 0 Å². The number of phenols is 1. The van der Waals surface area contributed by atoms with Crippen LogP contribution in [0.3, 0.4) is 0 Å². The number of fused-ring (bicyclic) bond motifs is 3. The van der Waals surface area contributed by atoms with Crippen LogP contribution in [0.5, 0.6) is 5.75 Å². The van der Waals surface area contributed by atoms with Gasteiger partial charge in [-0.25, -0.2) is 9.97 Å². The highest BCUT2D eigenvalue weighted by molar-refractivity contribution is 6.00. The average Bonchev–Trinajstić information content (AvgIpc) is 3.18. The minimum atomic E-state index is -3.48. The maximum Gasteiger partial charge on any atom is 0.141 e. The zero-order valence-electron chi connectivity index (χ0n) is 35.0. The van der Waals surface area contributed by atoms with Crippen LogP contribution in [0.1, 0.15) is 38.5 Å². The van der Waals surface area contributed by atoms with Crippen LogP contribution in [-0.2, 0) is 5.41 Å². The van der Waals surface area contributed by atoms with Crippen LogP contribution < -0.4 is 9.80 Å². The molecule has 0 spiro atoms. The van der Waals surface area contributed by atoms with Gasteiger partial charge in [-0.1, -0.05) is 105 Å². The van der Waals surface area contributed by atoms with E-state index in [2.05, 4.69) is 64.4 Å². The SMILES string of the molecule is [2H]C([2H])([2H])C(c1ccc(O)c2nc(-c3ccc4c(c3)N(c3ccccn3)c3cc(-c5ccc(-c6ccccc6)cc5)ccc3N4C)ccc12)(C([2H])([2H])[2H])C([2H])([2H])[2H]. The number of hydrogen-bond acceptors (Lipinski definition) is 5. The minimum Gasteiger partial charge on any atom is -0.506 e. The lowest BCUT2D eigenvalue weighted by molar-refractivity contribution is 0.479. The Morgan fingerprint density at radius 3 is 1.92 bits per heavy atom. The van der Waals surface area contributed by atoms with Crippen molar-refractivity contribution in [2.24, 2.45) is 0 Å². The van der Waals surface area contributed by atoms with Crippen molar-refractivity contribution in [1.82, 2.24) is 9.97 Å². The van der Waals surface area contributed by atoms with Gasteiger partial charge in [0.05, 0.1) is 28.4 Å². The van der Waals surface area contributed by atoms with E-state index in [9.17, 15) is 5.11 Å². The van der Waals surface area contributed by atoms with Crippen molar-refractivity contribution in [2.45, 2.75) is 26.0 Å². The van der Waals surface area contributed by atoms with Gasteiger partial charge in [0.25, 0.3) is 0 Å². The molecule has 0 radical (unpaired) electrons. The van der Waals surface area contributed by atoms with Crippen LogP contribution in [0.2, 0.25) is 0 Å². The molecule has 0 atom stereocenters. The number of pyridine rings is 2. The molecule has 1 N–H and O–H groups in total. The minimum absolute atomic E-state index is 0.0896. The molecule has 0 bridgehead atoms. The lowest BCUT2D eigenvalue weighted by Gasteiger charge is -2.38. The summed E-state index contributed by atoms with van der Waals surface area (Å²) in [7, 11) is 1.99. The maximum atomic E-state index is 11.1. The van der Waals surface area contributed by atoms with Gasteiger partial charge in [-0.3, -0.25) is 4.90 Å². The average molecular weight is 634 g/mol. The number of anilines is 5. The van der Waals surface area contributed by atoms with Gasteiger partial charge in [-0.05, 0) is 81.8 Å². The summed E-state index contributed by atoms with van der Waals surface area (Å²) in [4.78, 5) is 13.6. The van der Waals surface area contributed by atoms with E-state index in [1.165, 1.54) is 6.07 Å². The van der Waals surface area contributed by atoms with Gasteiger partial charge in [0, 0.05) is 36.5 Å². The molecule has 5 heteroatoms. The zero-order valence-corrected chi connectivity index (χ0v) is 26.0. The lowest BCUT2D eigenvalue weighted by atomic mass is 9.84. The Balaban J connectivity index is 1.26. The van der Waals surface area contributed by atoms with Gasteiger partial charge in [-0.15, -0.1) is 0 Å². The summed E-state index contributed by atoms with van der Waals surface area (Å²) >= 11 is 0. The summed E-state index contributed by atoms with van der Waals surface area (Å²) < 4.78 is 74.3. The largest absolute Gasteiger partial charge is 0.506 e. The quantitative estimate of drug-likeness (QED) is 0.209. The second kappa shape index (κ2) is 11.4. The lowest BCUT2D eigenvalue weighted by Crippen LogP contribution is -2.24. The van der Waals surface area contributed by atoms with Crippen molar-refractivity contribution >= 4 is 39.5 Å². The molecule has 0 saturated heterocycles. The molecule has 5 aromatic carbocycles. The fraction of sp³-hybridized carbons (Fsp3) is 0.116. The van der Waals surface area contributed by atoms with Crippen LogP contribution >= 0.6 is 0 Å². The maximum absolute atomic E-state index is 11.1. The van der Waals surface area contributed by atoms with E-state index in [4.69, 9.17) is 22.3 Å². The van der Waals surface area contributed by atoms with E-state index < -0.39 is 31.5 Å². The first-order valence-electron chi connectivity index (χ1n) is 20.0. The van der Waals surface area contributed by atoms with Crippen molar-refractivity contribution in [1.29, 1.82) is 0 Å². The molecule has 2 aromatic heterocycles. The second-order valence-corrected chi connectivity index (χ2v) is 11.9. The summed E-state index contributed by atoms with van der Waals surface area (Å²) in [6.45, 7) is -10.4. The third-order valence-electron chi connectivity index (χ3n) is 8.89. The standard InChI is InChI=1S/C43H36N4O/c1-43(2,3)34-20-24-40(48)42-33(34)19-21-35(45-42)32-18-23-37-39(27-32)47(41-12-8-9-25-44-41)38-26-31(17-22-36(38)46(37)4)30-15-13-29(14-16-30)28-10-6-5-7-11-28/h5-27,48H,1-4H3/i1D3,2D3,3D3. The molecule has 5 nitrogen and oxygen atoms in total. The first-order chi connectivity index (χ1) is 27.0. The van der Waals surface area contributed by atoms with E-state index in [0.717, 1.165) is 57.1 Å². The van der Waals surface area contributed by atoms with Crippen molar-refractivity contribution in [2.75, 3.05) is 16.8 Å². The molecule has 1 aliphatic heterocycles. The first-order valence-corrected chi connectivity index (χ1v) is 15.5. The summed E-state index contributed by atoms with van der Waals surface area (Å²) in [5.41, 5.74) is 4.93. The van der Waals surface area contributed by atoms with E-state index in [1.807, 2.05) is 61.6 Å². The van der Waals surface area contributed by atoms with Gasteiger partial charge in [0.1, 0.15) is 17.1 Å². The summed E-state index contributed by atoms with van der Waals surface area (Å²) in [5, 5.41) is 11.0. The first kappa shape index (κ1) is 21.0. The predicted octanol–water partition coefficient (Wildman–Crippen LogP) is 11.2. The number of aromatic nitrogens is 2. The Morgan fingerprint density at radius 2 is 1.23 bits per heavy atom. The number of phenolic OH excluding ortho intramolecular Hbond substituents is 1. The van der Waals surface area contributed by atoms with Crippen LogP contribution in [0.15, 0.2) is 140 Å². The number of nitrogens with zero attached hydrogens (tertiary/aromatic N) is 4. The molecule has 234 valence electrons. The van der Waals surface area contributed by atoms with Crippen LogP contribution in [-0.4, -0.2) is 22.1 Å². The zero-order chi connectivity index (χ0) is 40.5. The van der Waals surface area contributed by atoms with Crippen molar-refractivity contribution in [3.63, 3.8) is 0 Å². The third-order valence-corrected chi connectivity index (χ3v) is 8.89. The Kier molecular flexibility index (Phi) is 4.99. The molecule has 1 aliphatic rings. The van der Waals surface area contributed by atoms with Crippen molar-refractivity contribution in [3.05, 3.63) is 145 Å². The normalized spacial score (nSPS) is 16.1. The Hall–Kier alpha value is -5.94. The number of benzene rings is 5. The third kappa shape index (κ3) is 5.05. The highest BCUT2D eigenvalue weighted by Gasteiger charge is 2.29. The van der Waals surface area contributed by atoms with Crippen LogP contribution in [0, 0.1) is 0 Å². The molecule has 0 saturated carbocycles. The number of hydrogen-bond donors (Lipinski definition) is 1. The van der Waals surface area contributed by atoms with Gasteiger partial charge in [0.2, 0.25) is 0 Å². The predicted molar refractivity (Wildman–Crippen MR) is 199 cm³/mol. The second-order valence-electron chi connectivity index (χ2n) is 11.9. The summed E-state index contributed by atoms with van der Waals surface area (Å²) in [5.74, 6) is 0.308. The fourth-order valence-electron chi connectivity index (χ4n) is 6.48. The summed E-state index contributed by atoms with van der Waals surface area (Å²) in [6, 6.07) is 41.6. The van der Waals surface area contributed by atoms with E-state index >= 15 is 0 Å². The highest BCUT2D eigenvalue weighted by Crippen LogP contribution is 2.52. The molecule has 8 rings (SSSR count). The van der Waals surface area contributed by atoms with Gasteiger partial charge in [-0.2, -0.15) is 0 Å². The Morgan fingerprint density at radius 1 is 0.604 bits per heavy atom. The number of aromatic hydroxyl groups is 1. The fourth-order valence-corrected chi connectivity index (χ4v) is 6.48. The Labute approximate surface area is 294 Å². The van der Waals surface area contributed by atoms with Crippen LogP contribution in [0.4, 0.5) is 28.6 Å². The molecule has 0 unspecified atom stereocenters. The van der Waals surface area contributed by atoms with Crippen molar-refractivity contribution in [3.8, 4) is 39.3 Å². The van der Waals surface area contributed by atoms with E-state index in [-0.39, 0.29) is 16.7 Å². The molecule has 7 aromatic rings. The molecular formula is C43H36N4O. The monoisotopic (exact) mass is 633 g/mol. The van der Waals surface area contributed by atoms with Gasteiger partial charge >= 0.3 is 0 Å². The smallest absolute Gasteiger partial charge is 0.141 e. The van der Waals surface area contributed by atoms with E-state index in [0.29, 0.717) is 17.1 Å². The Bertz CT molecular complexity index is 2590. The molecule has 0 fully saturated rings. The molecular weight excluding hydrogens is 589 g/mol. The molecule has 0 amide bonds. The molecule has 0 aliphatic carbocycles.